The quantitative estimate of drug-likeness (QED) is 0.790. The summed E-state index contributed by atoms with van der Waals surface area (Å²) in [6.45, 7) is 3.79. The normalized spacial score (nSPS) is 22.3. The summed E-state index contributed by atoms with van der Waals surface area (Å²) in [5, 5.41) is 3.15. The van der Waals surface area contributed by atoms with Crippen LogP contribution in [-0.4, -0.2) is 44.7 Å². The lowest BCUT2D eigenvalue weighted by atomic mass is 10.00. The van der Waals surface area contributed by atoms with Gasteiger partial charge < -0.3 is 5.32 Å². The van der Waals surface area contributed by atoms with Crippen molar-refractivity contribution >= 4 is 10.0 Å². The predicted octanol–water partition coefficient (Wildman–Crippen LogP) is 1.25. The zero-order valence-corrected chi connectivity index (χ0v) is 10.8. The van der Waals surface area contributed by atoms with Crippen molar-refractivity contribution in [2.45, 2.75) is 31.9 Å². The average molecular weight is 270 g/mol. The maximum atomic E-state index is 12.5. The zero-order chi connectivity index (χ0) is 12.9. The average Bonchev–Trinajstić information content (AvgIpc) is 2.29. The molecule has 0 radical (unpaired) electrons. The second-order valence-electron chi connectivity index (χ2n) is 4.38. The number of nitrogens with one attached hydrogen (secondary N) is 1. The molecule has 0 aliphatic carbocycles. The Labute approximate surface area is 101 Å². The molecule has 0 amide bonds. The largest absolute Gasteiger partial charge is 0.350 e. The van der Waals surface area contributed by atoms with E-state index in [2.05, 4.69) is 5.32 Å². The first-order valence-corrected chi connectivity index (χ1v) is 7.46. The molecule has 0 spiro atoms. The summed E-state index contributed by atoms with van der Waals surface area (Å²) >= 11 is 0. The number of rotatable bonds is 6. The molecule has 102 valence electrons. The van der Waals surface area contributed by atoms with Crippen LogP contribution >= 0.6 is 0 Å². The Morgan fingerprint density at radius 3 is 2.65 bits per heavy atom. The molecule has 7 heteroatoms. The van der Waals surface area contributed by atoms with Gasteiger partial charge in [-0.2, -0.15) is 13.1 Å². The van der Waals surface area contributed by atoms with Crippen LogP contribution in [0.2, 0.25) is 0 Å². The van der Waals surface area contributed by atoms with Crippen LogP contribution in [0.25, 0.3) is 0 Å². The van der Waals surface area contributed by atoms with Gasteiger partial charge in [-0.15, -0.1) is 0 Å². The van der Waals surface area contributed by atoms with Crippen LogP contribution in [0.15, 0.2) is 0 Å². The van der Waals surface area contributed by atoms with Gasteiger partial charge in [0.15, 0.2) is 0 Å². The van der Waals surface area contributed by atoms with Crippen LogP contribution in [0, 0.1) is 5.92 Å². The molecule has 1 aliphatic rings. The topological polar surface area (TPSA) is 49.4 Å². The lowest BCUT2D eigenvalue weighted by Gasteiger charge is -2.29. The first-order valence-electron chi connectivity index (χ1n) is 5.96. The molecule has 1 N–H and O–H groups in total. The van der Waals surface area contributed by atoms with Crippen molar-refractivity contribution in [3.8, 4) is 0 Å². The Hall–Kier alpha value is -0.270. The SMILES string of the molecule is CCCN(CC1CCCNC1)S(=O)(=O)C(F)F. The molecule has 0 aromatic rings. The first-order chi connectivity index (χ1) is 7.98. The van der Waals surface area contributed by atoms with Gasteiger partial charge in [0.2, 0.25) is 0 Å². The van der Waals surface area contributed by atoms with Gasteiger partial charge in [0.05, 0.1) is 0 Å². The van der Waals surface area contributed by atoms with E-state index in [-0.39, 0.29) is 19.0 Å². The van der Waals surface area contributed by atoms with E-state index in [0.717, 1.165) is 23.7 Å². The Kier molecular flexibility index (Phi) is 5.75. The third-order valence-electron chi connectivity index (χ3n) is 2.92. The van der Waals surface area contributed by atoms with E-state index in [1.807, 2.05) is 0 Å². The summed E-state index contributed by atoms with van der Waals surface area (Å²) < 4.78 is 48.8. The molecular formula is C10H20F2N2O2S. The van der Waals surface area contributed by atoms with Crippen molar-refractivity contribution in [2.24, 2.45) is 5.92 Å². The Morgan fingerprint density at radius 1 is 1.47 bits per heavy atom. The van der Waals surface area contributed by atoms with E-state index in [1.54, 1.807) is 6.92 Å². The molecule has 1 unspecified atom stereocenters. The van der Waals surface area contributed by atoms with Crippen LogP contribution in [0.5, 0.6) is 0 Å². The lowest BCUT2D eigenvalue weighted by Crippen LogP contribution is -2.43. The highest BCUT2D eigenvalue weighted by molar-refractivity contribution is 7.89. The second-order valence-corrected chi connectivity index (χ2v) is 6.28. The molecule has 1 atom stereocenters. The number of hydrogen-bond acceptors (Lipinski definition) is 3. The number of halogens is 2. The van der Waals surface area contributed by atoms with Crippen molar-refractivity contribution < 1.29 is 17.2 Å². The summed E-state index contributed by atoms with van der Waals surface area (Å²) in [7, 11) is -4.43. The van der Waals surface area contributed by atoms with Gasteiger partial charge in [0.1, 0.15) is 0 Å². The van der Waals surface area contributed by atoms with Crippen molar-refractivity contribution in [3.63, 3.8) is 0 Å². The molecular weight excluding hydrogens is 250 g/mol. The summed E-state index contributed by atoms with van der Waals surface area (Å²) in [6, 6.07) is 0. The minimum Gasteiger partial charge on any atom is -0.316 e. The summed E-state index contributed by atoms with van der Waals surface area (Å²) in [6.07, 6.45) is 2.41. The monoisotopic (exact) mass is 270 g/mol. The number of piperidine rings is 1. The Balaban J connectivity index is 2.65. The Morgan fingerprint density at radius 2 is 2.18 bits per heavy atom. The molecule has 1 heterocycles. The molecule has 0 bridgehead atoms. The van der Waals surface area contributed by atoms with E-state index < -0.39 is 15.8 Å². The number of alkyl halides is 2. The van der Waals surface area contributed by atoms with Crippen molar-refractivity contribution in [1.29, 1.82) is 0 Å². The van der Waals surface area contributed by atoms with Gasteiger partial charge >= 0.3 is 5.76 Å². The van der Waals surface area contributed by atoms with Crippen molar-refractivity contribution in [3.05, 3.63) is 0 Å². The minimum absolute atomic E-state index is 0.142. The van der Waals surface area contributed by atoms with E-state index in [0.29, 0.717) is 13.0 Å². The molecule has 1 saturated heterocycles. The number of nitrogens with zero attached hydrogens (tertiary/aromatic N) is 1. The lowest BCUT2D eigenvalue weighted by molar-refractivity contribution is 0.210. The fourth-order valence-electron chi connectivity index (χ4n) is 2.05. The van der Waals surface area contributed by atoms with Crippen LogP contribution in [0.3, 0.4) is 0 Å². The molecule has 4 nitrogen and oxygen atoms in total. The smallest absolute Gasteiger partial charge is 0.316 e. The van der Waals surface area contributed by atoms with Crippen molar-refractivity contribution in [2.75, 3.05) is 26.2 Å². The fourth-order valence-corrected chi connectivity index (χ4v) is 3.13. The summed E-state index contributed by atoms with van der Waals surface area (Å²) in [4.78, 5) is 0. The first kappa shape index (κ1) is 14.8. The van der Waals surface area contributed by atoms with E-state index in [1.165, 1.54) is 0 Å². The van der Waals surface area contributed by atoms with Crippen LogP contribution in [0.4, 0.5) is 8.78 Å². The summed E-state index contributed by atoms with van der Waals surface area (Å²) in [5.74, 6) is -3.17. The maximum Gasteiger partial charge on any atom is 0.350 e. The highest BCUT2D eigenvalue weighted by Crippen LogP contribution is 2.18. The molecule has 1 rings (SSSR count). The third-order valence-corrected chi connectivity index (χ3v) is 4.42. The third kappa shape index (κ3) is 4.15. The molecule has 17 heavy (non-hydrogen) atoms. The number of hydrogen-bond donors (Lipinski definition) is 1. The van der Waals surface area contributed by atoms with Gasteiger partial charge in [-0.1, -0.05) is 6.92 Å². The zero-order valence-electron chi connectivity index (χ0n) is 10.0. The molecule has 0 saturated carbocycles. The highest BCUT2D eigenvalue weighted by Gasteiger charge is 2.33. The van der Waals surface area contributed by atoms with Gasteiger partial charge in [-0.05, 0) is 38.3 Å². The van der Waals surface area contributed by atoms with Gasteiger partial charge in [-0.3, -0.25) is 0 Å². The molecule has 1 fully saturated rings. The van der Waals surface area contributed by atoms with Crippen LogP contribution in [-0.2, 0) is 10.0 Å². The summed E-state index contributed by atoms with van der Waals surface area (Å²) in [5.41, 5.74) is 0. The van der Waals surface area contributed by atoms with Gasteiger partial charge in [-0.25, -0.2) is 8.42 Å². The molecule has 1 aliphatic heterocycles. The van der Waals surface area contributed by atoms with Gasteiger partial charge in [0, 0.05) is 13.1 Å². The number of sulfonamides is 1. The standard InChI is InChI=1S/C10H20F2N2O2S/c1-2-6-14(17(15,16)10(11)12)8-9-4-3-5-13-7-9/h9-10,13H,2-8H2,1H3. The minimum atomic E-state index is -4.43. The molecule has 0 aromatic carbocycles. The van der Waals surface area contributed by atoms with Crippen molar-refractivity contribution in [1.82, 2.24) is 9.62 Å². The van der Waals surface area contributed by atoms with Crippen LogP contribution < -0.4 is 5.32 Å². The van der Waals surface area contributed by atoms with Gasteiger partial charge in [0.25, 0.3) is 10.0 Å². The predicted molar refractivity (Wildman–Crippen MR) is 62.4 cm³/mol. The van der Waals surface area contributed by atoms with Crippen LogP contribution in [0.1, 0.15) is 26.2 Å². The maximum absolute atomic E-state index is 12.5. The van der Waals surface area contributed by atoms with E-state index in [4.69, 9.17) is 0 Å². The van der Waals surface area contributed by atoms with E-state index >= 15 is 0 Å². The fraction of sp³-hybridized carbons (Fsp3) is 1.00. The molecule has 0 aromatic heterocycles. The second kappa shape index (κ2) is 6.61. The van der Waals surface area contributed by atoms with E-state index in [9.17, 15) is 17.2 Å². The Bertz CT molecular complexity index is 316. The highest BCUT2D eigenvalue weighted by atomic mass is 32.2.